The maximum Gasteiger partial charge on any atom is 0.345 e. The summed E-state index contributed by atoms with van der Waals surface area (Å²) in [5.74, 6) is 0.421. The first-order valence-corrected chi connectivity index (χ1v) is 10.0. The Morgan fingerprint density at radius 2 is 1.55 bits per heavy atom. The Morgan fingerprint density at radius 1 is 0.909 bits per heavy atom. The highest BCUT2D eigenvalue weighted by Gasteiger charge is 2.17. The van der Waals surface area contributed by atoms with E-state index in [2.05, 4.69) is 10.5 Å². The number of hydrogen-bond acceptors (Lipinski definition) is 7. The van der Waals surface area contributed by atoms with Crippen LogP contribution in [0.2, 0.25) is 5.02 Å². The van der Waals surface area contributed by atoms with Gasteiger partial charge in [-0.1, -0.05) is 23.7 Å². The lowest BCUT2D eigenvalue weighted by atomic mass is 10.1. The van der Waals surface area contributed by atoms with Crippen LogP contribution in [0.3, 0.4) is 0 Å². The smallest absolute Gasteiger partial charge is 0.345 e. The predicted molar refractivity (Wildman–Crippen MR) is 124 cm³/mol. The summed E-state index contributed by atoms with van der Waals surface area (Å²) in [6.07, 6.45) is 1.45. The first-order valence-electron chi connectivity index (χ1n) is 9.67. The van der Waals surface area contributed by atoms with Crippen LogP contribution in [0.15, 0.2) is 65.8 Å². The lowest BCUT2D eigenvalue weighted by Crippen LogP contribution is -2.18. The minimum atomic E-state index is -0.556. The molecule has 0 aromatic heterocycles. The van der Waals surface area contributed by atoms with Crippen LogP contribution in [0.25, 0.3) is 0 Å². The molecule has 1 amide bonds. The number of esters is 1. The predicted octanol–water partition coefficient (Wildman–Crippen LogP) is 4.35. The average molecular weight is 469 g/mol. The summed E-state index contributed by atoms with van der Waals surface area (Å²) >= 11 is 6.01. The molecule has 33 heavy (non-hydrogen) atoms. The van der Waals surface area contributed by atoms with Gasteiger partial charge in [-0.15, -0.1) is 0 Å². The normalized spacial score (nSPS) is 10.5. The highest BCUT2D eigenvalue weighted by Crippen LogP contribution is 2.38. The Balaban J connectivity index is 1.63. The Bertz CT molecular complexity index is 1150. The van der Waals surface area contributed by atoms with Crippen LogP contribution >= 0.6 is 11.6 Å². The van der Waals surface area contributed by atoms with Gasteiger partial charge in [-0.2, -0.15) is 5.10 Å². The minimum absolute atomic E-state index is 0.277. The average Bonchev–Trinajstić information content (AvgIpc) is 2.84. The van der Waals surface area contributed by atoms with Crippen molar-refractivity contribution in [1.29, 1.82) is 0 Å². The van der Waals surface area contributed by atoms with Crippen molar-refractivity contribution in [1.82, 2.24) is 5.43 Å². The van der Waals surface area contributed by atoms with E-state index in [-0.39, 0.29) is 11.1 Å². The first-order chi connectivity index (χ1) is 16.0. The Hall–Kier alpha value is -4.04. The number of hydrogen-bond donors (Lipinski definition) is 1. The second kappa shape index (κ2) is 11.0. The van der Waals surface area contributed by atoms with Crippen molar-refractivity contribution in [3.8, 4) is 23.0 Å². The van der Waals surface area contributed by atoms with Crippen molar-refractivity contribution < 1.29 is 28.5 Å². The van der Waals surface area contributed by atoms with E-state index in [1.54, 1.807) is 48.5 Å². The number of carbonyl (C=O) groups is 2. The van der Waals surface area contributed by atoms with Crippen molar-refractivity contribution >= 4 is 29.7 Å². The number of amides is 1. The van der Waals surface area contributed by atoms with Gasteiger partial charge >= 0.3 is 5.97 Å². The summed E-state index contributed by atoms with van der Waals surface area (Å²) < 4.78 is 21.1. The molecule has 0 saturated carbocycles. The fraction of sp³-hybridized carbons (Fsp3) is 0.125. The molecule has 0 aliphatic carbocycles. The van der Waals surface area contributed by atoms with Crippen molar-refractivity contribution in [2.24, 2.45) is 5.10 Å². The third-order valence-electron chi connectivity index (χ3n) is 4.49. The second-order valence-corrected chi connectivity index (χ2v) is 6.96. The number of carbonyl (C=O) groups excluding carboxylic acids is 2. The molecular weight excluding hydrogens is 448 g/mol. The van der Waals surface area contributed by atoms with E-state index in [1.165, 1.54) is 39.7 Å². The van der Waals surface area contributed by atoms with E-state index in [9.17, 15) is 9.59 Å². The van der Waals surface area contributed by atoms with Gasteiger partial charge in [0.1, 0.15) is 5.75 Å². The van der Waals surface area contributed by atoms with E-state index in [4.69, 9.17) is 30.5 Å². The molecule has 1 N–H and O–H groups in total. The maximum absolute atomic E-state index is 12.5. The Labute approximate surface area is 195 Å². The van der Waals surface area contributed by atoms with E-state index in [0.717, 1.165) is 0 Å². The Kier molecular flexibility index (Phi) is 7.88. The molecule has 0 atom stereocenters. The molecule has 0 bridgehead atoms. The molecule has 0 spiro atoms. The minimum Gasteiger partial charge on any atom is -0.493 e. The van der Waals surface area contributed by atoms with Gasteiger partial charge < -0.3 is 18.9 Å². The monoisotopic (exact) mass is 468 g/mol. The molecule has 0 radical (unpaired) electrons. The van der Waals surface area contributed by atoms with Crippen molar-refractivity contribution in [3.05, 3.63) is 82.4 Å². The molecule has 0 aliphatic rings. The summed E-state index contributed by atoms with van der Waals surface area (Å²) in [5.41, 5.74) is 3.68. The summed E-state index contributed by atoms with van der Waals surface area (Å²) in [7, 11) is 4.41. The van der Waals surface area contributed by atoms with Gasteiger partial charge in [0, 0.05) is 5.56 Å². The third kappa shape index (κ3) is 5.81. The molecule has 0 heterocycles. The number of nitrogens with one attached hydrogen (secondary N) is 1. The molecule has 8 nitrogen and oxygen atoms in total. The summed E-state index contributed by atoms with van der Waals surface area (Å²) in [4.78, 5) is 24.7. The van der Waals surface area contributed by atoms with E-state index in [1.807, 2.05) is 0 Å². The van der Waals surface area contributed by atoms with Crippen LogP contribution < -0.4 is 24.4 Å². The standard InChI is InChI=1S/C24H21ClN2O6/c1-30-20-12-16(13-21(31-2)22(20)32-3)23(28)27-26-14-15-8-10-17(11-9-15)33-24(29)18-6-4-5-7-19(18)25/h4-14H,1-3H3,(H,27,28)/b26-14-. The van der Waals surface area contributed by atoms with Crippen molar-refractivity contribution in [2.75, 3.05) is 21.3 Å². The lowest BCUT2D eigenvalue weighted by Gasteiger charge is -2.13. The van der Waals surface area contributed by atoms with E-state index in [0.29, 0.717) is 33.6 Å². The zero-order valence-corrected chi connectivity index (χ0v) is 18.9. The van der Waals surface area contributed by atoms with Gasteiger partial charge in [-0.05, 0) is 54.1 Å². The summed E-state index contributed by atoms with van der Waals surface area (Å²) in [5, 5.41) is 4.27. The molecule has 0 fully saturated rings. The number of benzene rings is 3. The Morgan fingerprint density at radius 3 is 2.12 bits per heavy atom. The number of nitrogens with zero attached hydrogens (tertiary/aromatic N) is 1. The highest BCUT2D eigenvalue weighted by molar-refractivity contribution is 6.33. The number of rotatable bonds is 8. The van der Waals surface area contributed by atoms with Gasteiger partial charge in [0.15, 0.2) is 11.5 Å². The van der Waals surface area contributed by atoms with Crippen LogP contribution in [0.1, 0.15) is 26.3 Å². The number of halogens is 1. The molecule has 0 aliphatic heterocycles. The number of ether oxygens (including phenoxy) is 4. The molecule has 0 saturated heterocycles. The molecule has 3 aromatic rings. The van der Waals surface area contributed by atoms with Crippen molar-refractivity contribution in [2.45, 2.75) is 0 Å². The summed E-state index contributed by atoms with van der Waals surface area (Å²) in [6.45, 7) is 0. The molecule has 170 valence electrons. The van der Waals surface area contributed by atoms with Gasteiger partial charge in [0.05, 0.1) is 38.1 Å². The van der Waals surface area contributed by atoms with E-state index >= 15 is 0 Å². The van der Waals surface area contributed by atoms with Gasteiger partial charge in [0.25, 0.3) is 5.91 Å². The maximum atomic E-state index is 12.5. The van der Waals surface area contributed by atoms with Crippen LogP contribution in [0.4, 0.5) is 0 Å². The zero-order valence-electron chi connectivity index (χ0n) is 18.1. The lowest BCUT2D eigenvalue weighted by molar-refractivity contribution is 0.0734. The molecule has 9 heteroatoms. The molecular formula is C24H21ClN2O6. The molecule has 3 aromatic carbocycles. The van der Waals surface area contributed by atoms with Gasteiger partial charge in [0.2, 0.25) is 5.75 Å². The number of methoxy groups -OCH3 is 3. The topological polar surface area (TPSA) is 95.5 Å². The van der Waals surface area contributed by atoms with Gasteiger partial charge in [-0.25, -0.2) is 10.2 Å². The SMILES string of the molecule is COc1cc(C(=O)N/N=C\c2ccc(OC(=O)c3ccccc3Cl)cc2)cc(OC)c1OC. The zero-order chi connectivity index (χ0) is 23.8. The molecule has 0 unspecified atom stereocenters. The summed E-state index contributed by atoms with van der Waals surface area (Å²) in [6, 6.07) is 16.3. The highest BCUT2D eigenvalue weighted by atomic mass is 35.5. The second-order valence-electron chi connectivity index (χ2n) is 6.55. The fourth-order valence-corrected chi connectivity index (χ4v) is 3.07. The molecule has 3 rings (SSSR count). The first kappa shape index (κ1) is 23.6. The fourth-order valence-electron chi connectivity index (χ4n) is 2.85. The van der Waals surface area contributed by atoms with Crippen LogP contribution in [0, 0.1) is 0 Å². The van der Waals surface area contributed by atoms with Gasteiger partial charge in [-0.3, -0.25) is 4.79 Å². The van der Waals surface area contributed by atoms with Crippen LogP contribution in [-0.2, 0) is 0 Å². The van der Waals surface area contributed by atoms with Crippen LogP contribution in [-0.4, -0.2) is 39.4 Å². The van der Waals surface area contributed by atoms with Crippen LogP contribution in [0.5, 0.6) is 23.0 Å². The van der Waals surface area contributed by atoms with Crippen molar-refractivity contribution in [3.63, 3.8) is 0 Å². The third-order valence-corrected chi connectivity index (χ3v) is 4.82. The number of hydrazone groups is 1. The largest absolute Gasteiger partial charge is 0.493 e. The van der Waals surface area contributed by atoms with E-state index < -0.39 is 11.9 Å². The quantitative estimate of drug-likeness (QED) is 0.228.